The van der Waals surface area contributed by atoms with Crippen LogP contribution in [-0.4, -0.2) is 43.3 Å². The van der Waals surface area contributed by atoms with Crippen LogP contribution in [-0.2, 0) is 21.4 Å². The summed E-state index contributed by atoms with van der Waals surface area (Å²) in [6.45, 7) is 1.43. The van der Waals surface area contributed by atoms with Gasteiger partial charge in [-0.1, -0.05) is 24.3 Å². The number of hydrogen-bond donors (Lipinski definition) is 1. The number of carbonyl (C=O) groups excluding carboxylic acids is 1. The van der Waals surface area contributed by atoms with E-state index < -0.39 is 10.0 Å². The van der Waals surface area contributed by atoms with Crippen molar-refractivity contribution >= 4 is 33.3 Å². The van der Waals surface area contributed by atoms with Gasteiger partial charge in [-0.05, 0) is 60.2 Å². The Morgan fingerprint density at radius 1 is 1.12 bits per heavy atom. The van der Waals surface area contributed by atoms with Crippen molar-refractivity contribution in [3.05, 3.63) is 83.5 Å². The molecule has 0 unspecified atom stereocenters. The number of amides is 1. The van der Waals surface area contributed by atoms with Crippen molar-refractivity contribution in [2.75, 3.05) is 13.1 Å². The number of aromatic nitrogens is 1. The minimum Gasteiger partial charge on any atom is -0.487 e. The molecule has 3 heterocycles. The van der Waals surface area contributed by atoms with Gasteiger partial charge in [0.1, 0.15) is 16.6 Å². The molecule has 1 saturated heterocycles. The number of nitrogens with zero attached hydrogens (tertiary/aromatic N) is 2. The number of likely N-dealkylation sites (tertiary alicyclic amines) is 1. The lowest BCUT2D eigenvalue weighted by Crippen LogP contribution is -2.46. The highest BCUT2D eigenvalue weighted by molar-refractivity contribution is 7.91. The maximum Gasteiger partial charge on any atom is 0.250 e. The van der Waals surface area contributed by atoms with E-state index in [9.17, 15) is 13.2 Å². The van der Waals surface area contributed by atoms with Crippen molar-refractivity contribution in [3.8, 4) is 5.75 Å². The number of rotatable bonds is 8. The third-order valence-corrected chi connectivity index (χ3v) is 8.22. The number of piperidine rings is 1. The first kappa shape index (κ1) is 23.2. The van der Waals surface area contributed by atoms with E-state index in [0.717, 1.165) is 17.0 Å². The van der Waals surface area contributed by atoms with Gasteiger partial charge in [0, 0.05) is 31.4 Å². The van der Waals surface area contributed by atoms with Gasteiger partial charge in [0.2, 0.25) is 15.9 Å². The van der Waals surface area contributed by atoms with Gasteiger partial charge in [-0.3, -0.25) is 9.78 Å². The number of pyridine rings is 1. The second-order valence-corrected chi connectivity index (χ2v) is 10.6. The fraction of sp³-hybridized carbons (Fsp3) is 0.250. The molecule has 7 nitrogen and oxygen atoms in total. The van der Waals surface area contributed by atoms with Crippen LogP contribution in [0.5, 0.6) is 5.75 Å². The van der Waals surface area contributed by atoms with E-state index in [1.165, 1.54) is 11.3 Å². The van der Waals surface area contributed by atoms with Gasteiger partial charge in [0.15, 0.2) is 0 Å². The van der Waals surface area contributed by atoms with Gasteiger partial charge in [-0.15, -0.1) is 11.3 Å². The molecule has 1 fully saturated rings. The second kappa shape index (κ2) is 10.7. The van der Waals surface area contributed by atoms with Crippen LogP contribution in [0.3, 0.4) is 0 Å². The van der Waals surface area contributed by atoms with Crippen molar-refractivity contribution in [2.45, 2.75) is 29.7 Å². The van der Waals surface area contributed by atoms with Crippen molar-refractivity contribution < 1.29 is 17.9 Å². The second-order valence-electron chi connectivity index (χ2n) is 7.67. The molecule has 2 aromatic heterocycles. The lowest BCUT2D eigenvalue weighted by atomic mass is 10.1. The van der Waals surface area contributed by atoms with Gasteiger partial charge in [0.25, 0.3) is 0 Å². The number of sulfonamides is 1. The molecule has 172 valence electrons. The Morgan fingerprint density at radius 2 is 1.91 bits per heavy atom. The van der Waals surface area contributed by atoms with Crippen LogP contribution in [0.25, 0.3) is 6.08 Å². The summed E-state index contributed by atoms with van der Waals surface area (Å²) in [5.41, 5.74) is 1.75. The average Bonchev–Trinajstić information content (AvgIpc) is 3.39. The minimum atomic E-state index is -3.49. The molecule has 0 bridgehead atoms. The lowest BCUT2D eigenvalue weighted by molar-refractivity contribution is -0.126. The Bertz CT molecular complexity index is 1170. The maximum atomic E-state index is 12.5. The lowest BCUT2D eigenvalue weighted by Gasteiger charge is -2.31. The fourth-order valence-corrected chi connectivity index (χ4v) is 5.82. The first-order chi connectivity index (χ1) is 16.0. The molecule has 1 aliphatic rings. The Hall–Kier alpha value is -3.01. The molecule has 1 N–H and O–H groups in total. The van der Waals surface area contributed by atoms with Crippen LogP contribution in [0.2, 0.25) is 0 Å². The summed E-state index contributed by atoms with van der Waals surface area (Å²) < 4.78 is 33.5. The molecule has 0 radical (unpaired) electrons. The zero-order valence-corrected chi connectivity index (χ0v) is 19.6. The zero-order valence-electron chi connectivity index (χ0n) is 18.0. The predicted molar refractivity (Wildman–Crippen MR) is 128 cm³/mol. The highest BCUT2D eigenvalue weighted by atomic mass is 32.2. The molecule has 3 aromatic rings. The first-order valence-corrected chi connectivity index (χ1v) is 13.0. The third kappa shape index (κ3) is 6.50. The number of thiophene rings is 1. The molecule has 0 aliphatic carbocycles. The molecule has 0 saturated carbocycles. The quantitative estimate of drug-likeness (QED) is 0.494. The van der Waals surface area contributed by atoms with Gasteiger partial charge in [0.05, 0.1) is 5.69 Å². The Kier molecular flexibility index (Phi) is 7.54. The largest absolute Gasteiger partial charge is 0.487 e. The number of ether oxygens (including phenoxy) is 1. The molecule has 1 aromatic carbocycles. The summed E-state index contributed by atoms with van der Waals surface area (Å²) in [5, 5.41) is 1.74. The monoisotopic (exact) mass is 483 g/mol. The van der Waals surface area contributed by atoms with E-state index in [4.69, 9.17) is 4.74 Å². The van der Waals surface area contributed by atoms with Crippen LogP contribution in [0.1, 0.15) is 24.1 Å². The maximum absolute atomic E-state index is 12.5. The van der Waals surface area contributed by atoms with E-state index in [2.05, 4.69) is 9.71 Å². The van der Waals surface area contributed by atoms with Gasteiger partial charge < -0.3 is 9.64 Å². The SMILES string of the molecule is O=C(/C=C/c1ccc(OCc2ccccn2)cc1)N1CCC(NS(=O)(=O)c2cccs2)CC1. The smallest absolute Gasteiger partial charge is 0.250 e. The number of nitrogens with one attached hydrogen (secondary N) is 1. The van der Waals surface area contributed by atoms with Crippen molar-refractivity contribution in [1.29, 1.82) is 0 Å². The molecule has 33 heavy (non-hydrogen) atoms. The van der Waals surface area contributed by atoms with Crippen LogP contribution < -0.4 is 9.46 Å². The highest BCUT2D eigenvalue weighted by Crippen LogP contribution is 2.19. The number of benzene rings is 1. The topological polar surface area (TPSA) is 88.6 Å². The minimum absolute atomic E-state index is 0.0787. The summed E-state index contributed by atoms with van der Waals surface area (Å²) >= 11 is 1.20. The Morgan fingerprint density at radius 3 is 2.58 bits per heavy atom. The van der Waals surface area contributed by atoms with Crippen LogP contribution in [0, 0.1) is 0 Å². The molecule has 1 amide bonds. The number of hydrogen-bond acceptors (Lipinski definition) is 6. The van der Waals surface area contributed by atoms with Crippen molar-refractivity contribution in [1.82, 2.24) is 14.6 Å². The average molecular weight is 484 g/mol. The normalized spacial score (nSPS) is 15.1. The van der Waals surface area contributed by atoms with Crippen LogP contribution in [0.4, 0.5) is 0 Å². The summed E-state index contributed by atoms with van der Waals surface area (Å²) in [4.78, 5) is 18.5. The predicted octanol–water partition coefficient (Wildman–Crippen LogP) is 3.70. The molecule has 0 atom stereocenters. The summed E-state index contributed by atoms with van der Waals surface area (Å²) in [5.74, 6) is 0.654. The fourth-order valence-electron chi connectivity index (χ4n) is 3.50. The van der Waals surface area contributed by atoms with Gasteiger partial charge in [-0.2, -0.15) is 0 Å². The Balaban J connectivity index is 1.23. The van der Waals surface area contributed by atoms with Crippen LogP contribution in [0.15, 0.2) is 76.5 Å². The van der Waals surface area contributed by atoms with Crippen LogP contribution >= 0.6 is 11.3 Å². The van der Waals surface area contributed by atoms with Crippen molar-refractivity contribution in [3.63, 3.8) is 0 Å². The number of carbonyl (C=O) groups is 1. The van der Waals surface area contributed by atoms with E-state index in [0.29, 0.717) is 36.7 Å². The first-order valence-electron chi connectivity index (χ1n) is 10.7. The summed E-state index contributed by atoms with van der Waals surface area (Å²) in [7, 11) is -3.49. The molecule has 0 spiro atoms. The van der Waals surface area contributed by atoms with E-state index in [1.807, 2.05) is 42.5 Å². The molecular weight excluding hydrogens is 458 g/mol. The van der Waals surface area contributed by atoms with E-state index in [-0.39, 0.29) is 11.9 Å². The zero-order chi connectivity index (χ0) is 23.1. The van der Waals surface area contributed by atoms with E-state index >= 15 is 0 Å². The summed E-state index contributed by atoms with van der Waals surface area (Å²) in [6.07, 6.45) is 6.24. The molecular formula is C24H25N3O4S2. The molecule has 4 rings (SSSR count). The Labute approximate surface area is 197 Å². The van der Waals surface area contributed by atoms with E-state index in [1.54, 1.807) is 40.8 Å². The third-order valence-electron chi connectivity index (χ3n) is 5.30. The molecule has 9 heteroatoms. The van der Waals surface area contributed by atoms with Gasteiger partial charge in [-0.25, -0.2) is 13.1 Å². The highest BCUT2D eigenvalue weighted by Gasteiger charge is 2.26. The van der Waals surface area contributed by atoms with Crippen molar-refractivity contribution in [2.24, 2.45) is 0 Å². The summed E-state index contributed by atoms with van der Waals surface area (Å²) in [6, 6.07) is 16.3. The molecule has 1 aliphatic heterocycles. The standard InChI is InChI=1S/C24H25N3O4S2/c28-23(27-15-12-20(13-16-27)26-33(29,30)24-5-3-17-32-24)11-8-19-6-9-22(10-7-19)31-18-21-4-1-2-14-25-21/h1-11,14,17,20,26H,12-13,15-16,18H2/b11-8+. The van der Waals surface area contributed by atoms with Gasteiger partial charge >= 0.3 is 0 Å².